The zero-order chi connectivity index (χ0) is 16.9. The first-order valence-corrected chi connectivity index (χ1v) is 8.94. The van der Waals surface area contributed by atoms with Gasteiger partial charge in [-0.05, 0) is 37.8 Å². The molecule has 3 N–H and O–H groups in total. The molecule has 0 saturated carbocycles. The third-order valence-corrected chi connectivity index (χ3v) is 5.50. The minimum atomic E-state index is -0.438. The molecule has 1 atom stereocenters. The van der Waals surface area contributed by atoms with Crippen LogP contribution in [0.3, 0.4) is 0 Å². The molecule has 0 aromatic heterocycles. The molecular formula is C18H28ClN3O. The highest BCUT2D eigenvalue weighted by Crippen LogP contribution is 2.29. The number of carbonyl (C=O) groups is 1. The zero-order valence-corrected chi connectivity index (χ0v) is 14.9. The van der Waals surface area contributed by atoms with E-state index in [4.69, 9.17) is 17.3 Å². The number of anilines is 1. The lowest BCUT2D eigenvalue weighted by molar-refractivity contribution is -0.131. The van der Waals surface area contributed by atoms with Crippen molar-refractivity contribution in [3.8, 4) is 0 Å². The van der Waals surface area contributed by atoms with Gasteiger partial charge in [0.05, 0.1) is 16.1 Å². The summed E-state index contributed by atoms with van der Waals surface area (Å²) in [7, 11) is 0. The lowest BCUT2D eigenvalue weighted by atomic mass is 9.81. The molecule has 1 aromatic rings. The molecule has 1 aromatic carbocycles. The fourth-order valence-corrected chi connectivity index (χ4v) is 3.57. The molecule has 1 aliphatic heterocycles. The SMILES string of the molecule is CCC(CC)(CN)C(=O)NC1CCCN(c2ccccc2Cl)C1. The van der Waals surface area contributed by atoms with Gasteiger partial charge in [0.25, 0.3) is 0 Å². The molecule has 1 heterocycles. The Bertz CT molecular complexity index is 522. The summed E-state index contributed by atoms with van der Waals surface area (Å²) in [5.41, 5.74) is 6.49. The van der Waals surface area contributed by atoms with Crippen LogP contribution in [-0.2, 0) is 4.79 Å². The average molecular weight is 338 g/mol. The summed E-state index contributed by atoms with van der Waals surface area (Å²) in [5, 5.41) is 3.99. The molecule has 0 spiro atoms. The van der Waals surface area contributed by atoms with E-state index in [-0.39, 0.29) is 11.9 Å². The molecule has 4 nitrogen and oxygen atoms in total. The fraction of sp³-hybridized carbons (Fsp3) is 0.611. The Kier molecular flexibility index (Phi) is 6.31. The monoisotopic (exact) mass is 337 g/mol. The number of piperidine rings is 1. The van der Waals surface area contributed by atoms with E-state index in [1.54, 1.807) is 0 Å². The molecule has 1 unspecified atom stereocenters. The lowest BCUT2D eigenvalue weighted by Gasteiger charge is -2.37. The van der Waals surface area contributed by atoms with Crippen LogP contribution in [0, 0.1) is 5.41 Å². The smallest absolute Gasteiger partial charge is 0.227 e. The van der Waals surface area contributed by atoms with Gasteiger partial charge < -0.3 is 16.0 Å². The molecule has 2 rings (SSSR count). The Hall–Kier alpha value is -1.26. The summed E-state index contributed by atoms with van der Waals surface area (Å²) in [6, 6.07) is 8.03. The van der Waals surface area contributed by atoms with Crippen molar-refractivity contribution in [2.75, 3.05) is 24.5 Å². The van der Waals surface area contributed by atoms with Crippen molar-refractivity contribution < 1.29 is 4.79 Å². The molecule has 0 bridgehead atoms. The summed E-state index contributed by atoms with van der Waals surface area (Å²) in [6.45, 7) is 6.23. The Morgan fingerprint density at radius 1 is 1.39 bits per heavy atom. The van der Waals surface area contributed by atoms with Crippen LogP contribution < -0.4 is 16.0 Å². The number of benzene rings is 1. The van der Waals surface area contributed by atoms with Gasteiger partial charge in [-0.3, -0.25) is 4.79 Å². The number of halogens is 1. The molecule has 5 heteroatoms. The van der Waals surface area contributed by atoms with Crippen LogP contribution in [0.1, 0.15) is 39.5 Å². The summed E-state index contributed by atoms with van der Waals surface area (Å²) < 4.78 is 0. The lowest BCUT2D eigenvalue weighted by Crippen LogP contribution is -2.53. The summed E-state index contributed by atoms with van der Waals surface area (Å²) in [5.74, 6) is 0.0935. The maximum atomic E-state index is 12.7. The van der Waals surface area contributed by atoms with Gasteiger partial charge in [-0.25, -0.2) is 0 Å². The zero-order valence-electron chi connectivity index (χ0n) is 14.1. The van der Waals surface area contributed by atoms with Crippen LogP contribution >= 0.6 is 11.6 Å². The highest BCUT2D eigenvalue weighted by atomic mass is 35.5. The third kappa shape index (κ3) is 3.99. The number of rotatable bonds is 6. The van der Waals surface area contributed by atoms with E-state index < -0.39 is 5.41 Å². The molecule has 23 heavy (non-hydrogen) atoms. The van der Waals surface area contributed by atoms with Crippen molar-refractivity contribution in [2.45, 2.75) is 45.6 Å². The topological polar surface area (TPSA) is 58.4 Å². The first-order valence-electron chi connectivity index (χ1n) is 8.56. The Morgan fingerprint density at radius 2 is 2.09 bits per heavy atom. The summed E-state index contributed by atoms with van der Waals surface area (Å²) >= 11 is 6.31. The molecular weight excluding hydrogens is 310 g/mol. The number of para-hydroxylation sites is 1. The van der Waals surface area contributed by atoms with Gasteiger partial charge >= 0.3 is 0 Å². The van der Waals surface area contributed by atoms with Crippen molar-refractivity contribution in [1.29, 1.82) is 0 Å². The number of nitrogens with two attached hydrogens (primary N) is 1. The maximum absolute atomic E-state index is 12.7. The van der Waals surface area contributed by atoms with Gasteiger partial charge in [0, 0.05) is 25.7 Å². The van der Waals surface area contributed by atoms with Crippen LogP contribution in [0.15, 0.2) is 24.3 Å². The van der Waals surface area contributed by atoms with Crippen molar-refractivity contribution in [1.82, 2.24) is 5.32 Å². The molecule has 1 fully saturated rings. The van der Waals surface area contributed by atoms with E-state index in [2.05, 4.69) is 10.2 Å². The highest BCUT2D eigenvalue weighted by Gasteiger charge is 2.35. The number of amides is 1. The molecule has 0 radical (unpaired) electrons. The van der Waals surface area contributed by atoms with E-state index in [0.29, 0.717) is 6.54 Å². The fourth-order valence-electron chi connectivity index (χ4n) is 3.31. The molecule has 128 valence electrons. The number of hydrogen-bond acceptors (Lipinski definition) is 3. The van der Waals surface area contributed by atoms with Crippen molar-refractivity contribution in [2.24, 2.45) is 11.1 Å². The predicted octanol–water partition coefficient (Wildman–Crippen LogP) is 3.19. The third-order valence-electron chi connectivity index (χ3n) is 5.18. The first-order chi connectivity index (χ1) is 11.1. The minimum Gasteiger partial charge on any atom is -0.368 e. The summed E-state index contributed by atoms with van der Waals surface area (Å²) in [4.78, 5) is 15.0. The number of hydrogen-bond donors (Lipinski definition) is 2. The second-order valence-corrected chi connectivity index (χ2v) is 6.81. The van der Waals surface area contributed by atoms with Crippen molar-refractivity contribution in [3.63, 3.8) is 0 Å². The standard InChI is InChI=1S/C18H28ClN3O/c1-3-18(4-2,13-20)17(23)21-14-8-7-11-22(12-14)16-10-6-5-9-15(16)19/h5-6,9-10,14H,3-4,7-8,11-13,20H2,1-2H3,(H,21,23). The van der Waals surface area contributed by atoms with Gasteiger partial charge in [0.2, 0.25) is 5.91 Å². The Labute approximate surface area is 144 Å². The summed E-state index contributed by atoms with van der Waals surface area (Å²) in [6.07, 6.45) is 3.59. The largest absolute Gasteiger partial charge is 0.368 e. The first kappa shape index (κ1) is 18.1. The average Bonchev–Trinajstić information content (AvgIpc) is 2.57. The van der Waals surface area contributed by atoms with Gasteiger partial charge in [-0.15, -0.1) is 0 Å². The van der Waals surface area contributed by atoms with Gasteiger partial charge in [0.1, 0.15) is 0 Å². The second-order valence-electron chi connectivity index (χ2n) is 6.40. The second kappa shape index (κ2) is 8.02. The van der Waals surface area contributed by atoms with Crippen molar-refractivity contribution in [3.05, 3.63) is 29.3 Å². The van der Waals surface area contributed by atoms with E-state index in [1.807, 2.05) is 38.1 Å². The normalized spacial score (nSPS) is 18.8. The van der Waals surface area contributed by atoms with Gasteiger partial charge in [-0.1, -0.05) is 37.6 Å². The maximum Gasteiger partial charge on any atom is 0.227 e. The number of nitrogens with one attached hydrogen (secondary N) is 1. The quantitative estimate of drug-likeness (QED) is 0.838. The Balaban J connectivity index is 2.04. The van der Waals surface area contributed by atoms with Gasteiger partial charge in [-0.2, -0.15) is 0 Å². The van der Waals surface area contributed by atoms with Crippen LogP contribution in [-0.4, -0.2) is 31.6 Å². The van der Waals surface area contributed by atoms with Crippen LogP contribution in [0.5, 0.6) is 0 Å². The van der Waals surface area contributed by atoms with Gasteiger partial charge in [0.15, 0.2) is 0 Å². The van der Waals surface area contributed by atoms with Crippen molar-refractivity contribution >= 4 is 23.2 Å². The molecule has 1 saturated heterocycles. The molecule has 0 aliphatic carbocycles. The molecule has 1 amide bonds. The number of carbonyl (C=O) groups excluding carboxylic acids is 1. The van der Waals surface area contributed by atoms with Crippen LogP contribution in [0.2, 0.25) is 5.02 Å². The molecule has 1 aliphatic rings. The minimum absolute atomic E-state index is 0.0935. The van der Waals surface area contributed by atoms with E-state index in [0.717, 1.165) is 49.5 Å². The van der Waals surface area contributed by atoms with E-state index in [1.165, 1.54) is 0 Å². The van der Waals surface area contributed by atoms with E-state index in [9.17, 15) is 4.79 Å². The highest BCUT2D eigenvalue weighted by molar-refractivity contribution is 6.33. The Morgan fingerprint density at radius 3 is 2.70 bits per heavy atom. The van der Waals surface area contributed by atoms with E-state index >= 15 is 0 Å². The van der Waals surface area contributed by atoms with Crippen LogP contribution in [0.25, 0.3) is 0 Å². The predicted molar refractivity (Wildman–Crippen MR) is 96.9 cm³/mol. The number of nitrogens with zero attached hydrogens (tertiary/aromatic N) is 1. The van der Waals surface area contributed by atoms with Crippen LogP contribution in [0.4, 0.5) is 5.69 Å².